The Hall–Kier alpha value is -3.15. The minimum atomic E-state index is -1.62. The molecule has 5 rings (SSSR count). The number of thiazole rings is 1. The topological polar surface area (TPSA) is 183 Å². The third-order valence-electron chi connectivity index (χ3n) is 7.48. The van der Waals surface area contributed by atoms with Crippen molar-refractivity contribution in [3.05, 3.63) is 16.1 Å². The fourth-order valence-corrected chi connectivity index (χ4v) is 7.54. The van der Waals surface area contributed by atoms with Crippen LogP contribution in [0.25, 0.3) is 0 Å². The lowest BCUT2D eigenvalue weighted by Gasteiger charge is -2.41. The van der Waals surface area contributed by atoms with Gasteiger partial charge in [0.1, 0.15) is 5.69 Å². The molecule has 3 atom stereocenters. The molecule has 2 N–H and O–H groups in total. The minimum Gasteiger partial charge on any atom is -0.541 e. The van der Waals surface area contributed by atoms with E-state index in [1.807, 2.05) is 0 Å². The van der Waals surface area contributed by atoms with Crippen LogP contribution in [-0.4, -0.2) is 120 Å². The van der Waals surface area contributed by atoms with E-state index in [0.717, 1.165) is 16.8 Å². The predicted molar refractivity (Wildman–Crippen MR) is 143 cm³/mol. The molecule has 5 heterocycles. The number of aryl methyl sites for hydroxylation is 1. The molecule has 0 saturated carbocycles. The van der Waals surface area contributed by atoms with Gasteiger partial charge in [0.05, 0.1) is 42.6 Å². The number of amides is 3. The zero-order valence-electron chi connectivity index (χ0n) is 21.8. The first-order chi connectivity index (χ1) is 19.6. The Balaban J connectivity index is 1.38. The van der Waals surface area contributed by atoms with Crippen molar-refractivity contribution >= 4 is 74.6 Å². The first kappa shape index (κ1) is 29.3. The lowest BCUT2D eigenvalue weighted by molar-refractivity contribution is -0.175. The molecule has 19 heteroatoms. The van der Waals surface area contributed by atoms with Crippen molar-refractivity contribution in [3.8, 4) is 0 Å². The maximum absolute atomic E-state index is 13.6. The fraction of sp³-hybridized carbons (Fsp3) is 0.591. The monoisotopic (exact) mass is 602 g/mol. The summed E-state index contributed by atoms with van der Waals surface area (Å²) in [6, 6.07) is -0.617. The van der Waals surface area contributed by atoms with Gasteiger partial charge in [-0.1, -0.05) is 16.9 Å². The number of Topliss-reactive ketones (excluding diaryl/α,β-unsaturated/α-hetero) is 1. The van der Waals surface area contributed by atoms with Gasteiger partial charge in [-0.25, -0.2) is 20.4 Å². The van der Waals surface area contributed by atoms with Gasteiger partial charge in [0.2, 0.25) is 16.4 Å². The Morgan fingerprint density at radius 3 is 2.49 bits per heavy atom. The van der Waals surface area contributed by atoms with Gasteiger partial charge in [-0.05, 0) is 6.92 Å². The number of hydrogen-bond donors (Lipinski definition) is 1. The molecule has 4 aliphatic heterocycles. The predicted octanol–water partition coefficient (Wildman–Crippen LogP) is -1.23. The van der Waals surface area contributed by atoms with Crippen LogP contribution in [-0.2, 0) is 38.1 Å². The van der Waals surface area contributed by atoms with Gasteiger partial charge < -0.3 is 23.8 Å². The lowest BCUT2D eigenvalue weighted by Crippen LogP contribution is -2.60. The smallest absolute Gasteiger partial charge is 0.378 e. The molecule has 4 radical (unpaired) electrons. The SMILES string of the molecule is [B]OC(=O)C1(O/N=C(\C(=O)CC2C(=O)N3C[C@@](C(=O)O[B])(N4CCN(N)C4=O)S[C@H]23)c2csc(C)n2)CCOCC1. The molecular weight excluding hydrogens is 578 g/mol. The molecule has 0 spiro atoms. The van der Waals surface area contributed by atoms with Crippen LogP contribution in [0, 0.1) is 12.8 Å². The molecule has 3 amide bonds. The average molecular weight is 602 g/mol. The Morgan fingerprint density at radius 1 is 1.20 bits per heavy atom. The molecule has 0 bridgehead atoms. The summed E-state index contributed by atoms with van der Waals surface area (Å²) in [5, 5.41) is 6.61. The van der Waals surface area contributed by atoms with E-state index in [-0.39, 0.29) is 63.5 Å². The molecule has 214 valence electrons. The van der Waals surface area contributed by atoms with Gasteiger partial charge >= 0.3 is 34.1 Å². The van der Waals surface area contributed by atoms with E-state index < -0.39 is 51.4 Å². The molecule has 0 aromatic carbocycles. The number of nitrogens with zero attached hydrogens (tertiary/aromatic N) is 5. The average Bonchev–Trinajstić information content (AvgIpc) is 3.67. The number of carbonyl (C=O) groups excluding carboxylic acids is 5. The first-order valence-corrected chi connectivity index (χ1v) is 14.3. The van der Waals surface area contributed by atoms with E-state index in [1.54, 1.807) is 12.3 Å². The number of thioether (sulfide) groups is 1. The molecule has 1 aromatic rings. The number of rotatable bonds is 9. The van der Waals surface area contributed by atoms with Crippen molar-refractivity contribution in [2.24, 2.45) is 16.9 Å². The zero-order chi connectivity index (χ0) is 29.5. The van der Waals surface area contributed by atoms with E-state index >= 15 is 0 Å². The fourth-order valence-electron chi connectivity index (χ4n) is 5.20. The number of β-lactam (4-membered cyclic amide) rings is 1. The number of carbonyl (C=O) groups is 5. The van der Waals surface area contributed by atoms with E-state index in [1.165, 1.54) is 21.1 Å². The molecule has 1 unspecified atom stereocenters. The van der Waals surface area contributed by atoms with Crippen molar-refractivity contribution < 1.29 is 42.9 Å². The van der Waals surface area contributed by atoms with Crippen LogP contribution in [0.15, 0.2) is 10.5 Å². The molecule has 1 aromatic heterocycles. The normalized spacial score (nSPS) is 27.4. The summed E-state index contributed by atoms with van der Waals surface area (Å²) in [6.45, 7) is 2.21. The number of hydrazine groups is 1. The van der Waals surface area contributed by atoms with Gasteiger partial charge in [-0.15, -0.1) is 11.3 Å². The Labute approximate surface area is 244 Å². The highest BCUT2D eigenvalue weighted by atomic mass is 32.2. The number of nitrogens with two attached hydrogens (primary N) is 1. The number of urea groups is 1. The first-order valence-electron chi connectivity index (χ1n) is 12.5. The summed E-state index contributed by atoms with van der Waals surface area (Å²) in [6.07, 6.45) is -0.130. The second-order valence-corrected chi connectivity index (χ2v) is 12.3. The summed E-state index contributed by atoms with van der Waals surface area (Å²) < 4.78 is 14.3. The van der Waals surface area contributed by atoms with Crippen molar-refractivity contribution in [1.29, 1.82) is 0 Å². The zero-order valence-corrected chi connectivity index (χ0v) is 23.5. The van der Waals surface area contributed by atoms with Gasteiger partial charge in [0.15, 0.2) is 11.5 Å². The maximum atomic E-state index is 13.6. The standard InChI is InChI=1S/C22H24B2N6O9S2/c1-11-26-13(9-40-11)15(27-39-21(18(33)37-23)2-6-36-7-3-21)14(31)8-12-16(32)28-10-22(19(34)38-24,41-17(12)28)29-4-5-30(25)20(29)35/h9,12,17H,2-8,10,25H2,1H3/b27-15-/t12?,17-,22-/m1/s1. The number of aromatic nitrogens is 1. The lowest BCUT2D eigenvalue weighted by atomic mass is 9.90. The highest BCUT2D eigenvalue weighted by Gasteiger charge is 2.66. The Morgan fingerprint density at radius 2 is 1.90 bits per heavy atom. The number of oxime groups is 1. The molecule has 15 nitrogen and oxygen atoms in total. The second-order valence-electron chi connectivity index (χ2n) is 9.82. The van der Waals surface area contributed by atoms with Crippen molar-refractivity contribution in [2.45, 2.75) is 42.0 Å². The highest BCUT2D eigenvalue weighted by molar-refractivity contribution is 8.02. The third kappa shape index (κ3) is 4.97. The van der Waals surface area contributed by atoms with Crippen LogP contribution in [0.5, 0.6) is 0 Å². The van der Waals surface area contributed by atoms with Gasteiger partial charge in [-0.2, -0.15) is 0 Å². The Bertz CT molecular complexity index is 1310. The molecule has 4 fully saturated rings. The third-order valence-corrected chi connectivity index (χ3v) is 9.98. The van der Waals surface area contributed by atoms with Crippen LogP contribution < -0.4 is 5.84 Å². The van der Waals surface area contributed by atoms with E-state index in [4.69, 9.17) is 31.5 Å². The van der Waals surface area contributed by atoms with Crippen molar-refractivity contribution in [2.75, 3.05) is 32.8 Å². The van der Waals surface area contributed by atoms with Crippen molar-refractivity contribution in [3.63, 3.8) is 0 Å². The largest absolute Gasteiger partial charge is 0.541 e. The quantitative estimate of drug-likeness (QED) is 0.0889. The highest BCUT2D eigenvalue weighted by Crippen LogP contribution is 2.53. The molecule has 4 saturated heterocycles. The van der Waals surface area contributed by atoms with Crippen LogP contribution in [0.1, 0.15) is 30.0 Å². The summed E-state index contributed by atoms with van der Waals surface area (Å²) >= 11 is 2.27. The van der Waals surface area contributed by atoms with Crippen LogP contribution in [0.4, 0.5) is 4.79 Å². The number of ether oxygens (including phenoxy) is 1. The van der Waals surface area contributed by atoms with E-state index in [2.05, 4.69) is 19.4 Å². The molecular formula is C22H24B2N6O9S2. The van der Waals surface area contributed by atoms with Gasteiger partial charge in [-0.3, -0.25) is 24.3 Å². The van der Waals surface area contributed by atoms with E-state index in [9.17, 15) is 24.0 Å². The summed E-state index contributed by atoms with van der Waals surface area (Å²) in [7, 11) is 10.3. The maximum Gasteiger partial charge on any atom is 0.378 e. The van der Waals surface area contributed by atoms with E-state index in [0.29, 0.717) is 5.01 Å². The van der Waals surface area contributed by atoms with Gasteiger partial charge in [0, 0.05) is 31.2 Å². The van der Waals surface area contributed by atoms with Crippen LogP contribution >= 0.6 is 23.1 Å². The van der Waals surface area contributed by atoms with Crippen LogP contribution in [0.3, 0.4) is 0 Å². The Kier molecular flexibility index (Phi) is 8.06. The molecule has 4 aliphatic rings. The minimum absolute atomic E-state index is 0.0909. The summed E-state index contributed by atoms with van der Waals surface area (Å²) in [5.41, 5.74) is -1.55. The summed E-state index contributed by atoms with van der Waals surface area (Å²) in [5.74, 6) is 2.08. The number of fused-ring (bicyclic) bond motifs is 1. The second kappa shape index (κ2) is 11.3. The number of hydrogen-bond acceptors (Lipinski definition) is 14. The molecule has 0 aliphatic carbocycles. The molecule has 41 heavy (non-hydrogen) atoms. The van der Waals surface area contributed by atoms with Crippen molar-refractivity contribution in [1.82, 2.24) is 19.8 Å². The summed E-state index contributed by atoms with van der Waals surface area (Å²) in [4.78, 5) is 75.7. The van der Waals surface area contributed by atoms with Gasteiger partial charge in [0.25, 0.3) is 0 Å². The number of ketones is 1. The van der Waals surface area contributed by atoms with Crippen LogP contribution in [0.2, 0.25) is 0 Å².